The molecular formula is C18H19N3O3. The minimum atomic E-state index is -0.404. The average molecular weight is 325 g/mol. The van der Waals surface area contributed by atoms with Crippen molar-refractivity contribution < 1.29 is 9.53 Å². The van der Waals surface area contributed by atoms with Crippen molar-refractivity contribution in [3.8, 4) is 6.07 Å². The molecule has 2 aromatic rings. The van der Waals surface area contributed by atoms with Crippen molar-refractivity contribution in [2.45, 2.75) is 25.4 Å². The number of H-pyrrole nitrogens is 1. The number of nitrogens with one attached hydrogen (secondary N) is 1. The van der Waals surface area contributed by atoms with Crippen molar-refractivity contribution >= 4 is 22.9 Å². The van der Waals surface area contributed by atoms with E-state index in [9.17, 15) is 14.9 Å². The summed E-state index contributed by atoms with van der Waals surface area (Å²) in [5, 5.41) is 10.2. The number of hydrogen-bond donors (Lipinski definition) is 1. The van der Waals surface area contributed by atoms with Crippen molar-refractivity contribution in [3.63, 3.8) is 0 Å². The quantitative estimate of drug-likeness (QED) is 0.875. The molecule has 1 N–H and O–H groups in total. The lowest BCUT2D eigenvalue weighted by molar-refractivity contribution is -0.0132. The van der Waals surface area contributed by atoms with Crippen LogP contribution in [-0.2, 0) is 4.74 Å². The molecule has 0 radical (unpaired) electrons. The number of aromatic amines is 1. The van der Waals surface area contributed by atoms with Crippen molar-refractivity contribution in [1.29, 1.82) is 5.26 Å². The Bertz CT molecular complexity index is 887. The smallest absolute Gasteiger partial charge is 0.268 e. The van der Waals surface area contributed by atoms with E-state index in [0.29, 0.717) is 29.9 Å². The Morgan fingerprint density at radius 1 is 1.38 bits per heavy atom. The first kappa shape index (κ1) is 16.2. The van der Waals surface area contributed by atoms with Crippen LogP contribution >= 0.6 is 0 Å². The van der Waals surface area contributed by atoms with Crippen LogP contribution in [-0.4, -0.2) is 37.1 Å². The van der Waals surface area contributed by atoms with Gasteiger partial charge in [-0.05, 0) is 38.0 Å². The highest BCUT2D eigenvalue weighted by Gasteiger charge is 2.31. The number of ether oxygens (including phenoxy) is 1. The number of pyridine rings is 1. The number of methoxy groups -OCH3 is 1. The summed E-state index contributed by atoms with van der Waals surface area (Å²) in [6.07, 6.45) is 2.37. The maximum Gasteiger partial charge on any atom is 0.268 e. The molecule has 1 aliphatic heterocycles. The largest absolute Gasteiger partial charge is 0.378 e. The topological polar surface area (TPSA) is 86.2 Å². The predicted molar refractivity (Wildman–Crippen MR) is 91.5 cm³/mol. The fraction of sp³-hybridized carbons (Fsp3) is 0.389. The number of aromatic nitrogens is 1. The fourth-order valence-electron chi connectivity index (χ4n) is 3.21. The highest BCUT2D eigenvalue weighted by molar-refractivity contribution is 5.97. The van der Waals surface area contributed by atoms with Gasteiger partial charge in [0.05, 0.1) is 16.8 Å². The number of anilines is 1. The first-order chi connectivity index (χ1) is 11.5. The van der Waals surface area contributed by atoms with E-state index in [0.717, 1.165) is 24.5 Å². The third-order valence-corrected chi connectivity index (χ3v) is 4.89. The Labute approximate surface area is 139 Å². The van der Waals surface area contributed by atoms with E-state index in [1.165, 1.54) is 0 Å². The summed E-state index contributed by atoms with van der Waals surface area (Å²) < 4.78 is 5.56. The van der Waals surface area contributed by atoms with Crippen LogP contribution in [0.15, 0.2) is 23.0 Å². The second kappa shape index (κ2) is 6.10. The molecule has 0 aliphatic carbocycles. The van der Waals surface area contributed by atoms with Crippen LogP contribution in [0.4, 0.5) is 5.69 Å². The molecule has 0 bridgehead atoms. The number of carbonyl (C=O) groups is 1. The number of hydrogen-bond acceptors (Lipinski definition) is 5. The molecule has 1 aromatic heterocycles. The molecule has 1 aliphatic rings. The molecule has 0 amide bonds. The highest BCUT2D eigenvalue weighted by atomic mass is 16.5. The van der Waals surface area contributed by atoms with Crippen LogP contribution in [0.5, 0.6) is 0 Å². The molecule has 6 nitrogen and oxygen atoms in total. The second-order valence-electron chi connectivity index (χ2n) is 6.35. The molecule has 0 atom stereocenters. The van der Waals surface area contributed by atoms with E-state index in [4.69, 9.17) is 4.74 Å². The summed E-state index contributed by atoms with van der Waals surface area (Å²) in [7, 11) is 1.70. The van der Waals surface area contributed by atoms with Gasteiger partial charge >= 0.3 is 0 Å². The van der Waals surface area contributed by atoms with Gasteiger partial charge in [0.25, 0.3) is 5.56 Å². The molecule has 6 heteroatoms. The maximum atomic E-state index is 12.3. The Morgan fingerprint density at radius 3 is 2.67 bits per heavy atom. The van der Waals surface area contributed by atoms with Gasteiger partial charge in [0.2, 0.25) is 0 Å². The Kier molecular flexibility index (Phi) is 4.12. The molecule has 3 rings (SSSR count). The van der Waals surface area contributed by atoms with Crippen LogP contribution in [0.2, 0.25) is 0 Å². The van der Waals surface area contributed by atoms with Gasteiger partial charge in [-0.25, -0.2) is 0 Å². The summed E-state index contributed by atoms with van der Waals surface area (Å²) in [5.41, 5.74) is 1.25. The summed E-state index contributed by atoms with van der Waals surface area (Å²) in [5.74, 6) is 0. The SMILES string of the molecule is COC1(C)CCN(c2c(C#N)c(=O)[nH]c3ccc(C=O)cc23)CC1. The van der Waals surface area contributed by atoms with Crippen LogP contribution < -0.4 is 10.5 Å². The number of piperidine rings is 1. The van der Waals surface area contributed by atoms with Gasteiger partial charge in [0, 0.05) is 31.1 Å². The second-order valence-corrected chi connectivity index (χ2v) is 6.35. The van der Waals surface area contributed by atoms with Gasteiger partial charge < -0.3 is 14.6 Å². The van der Waals surface area contributed by atoms with Crippen molar-refractivity contribution in [2.75, 3.05) is 25.1 Å². The fourth-order valence-corrected chi connectivity index (χ4v) is 3.21. The molecule has 1 aromatic carbocycles. The predicted octanol–water partition coefficient (Wildman–Crippen LogP) is 2.22. The lowest BCUT2D eigenvalue weighted by Crippen LogP contribution is -2.44. The summed E-state index contributed by atoms with van der Waals surface area (Å²) in [6, 6.07) is 7.10. The van der Waals surface area contributed by atoms with Gasteiger partial charge in [-0.1, -0.05) is 0 Å². The molecule has 1 saturated heterocycles. The normalized spacial score (nSPS) is 16.8. The molecule has 0 spiro atoms. The van der Waals surface area contributed by atoms with E-state index in [-0.39, 0.29) is 11.2 Å². The first-order valence-corrected chi connectivity index (χ1v) is 7.87. The summed E-state index contributed by atoms with van der Waals surface area (Å²) >= 11 is 0. The molecular weight excluding hydrogens is 306 g/mol. The highest BCUT2D eigenvalue weighted by Crippen LogP contribution is 2.33. The lowest BCUT2D eigenvalue weighted by Gasteiger charge is -2.40. The minimum absolute atomic E-state index is 0.0894. The Balaban J connectivity index is 2.16. The van der Waals surface area contributed by atoms with Gasteiger partial charge in [-0.2, -0.15) is 5.26 Å². The van der Waals surface area contributed by atoms with E-state index < -0.39 is 5.56 Å². The van der Waals surface area contributed by atoms with Gasteiger partial charge in [0.15, 0.2) is 0 Å². The number of nitriles is 1. The van der Waals surface area contributed by atoms with Crippen molar-refractivity contribution in [1.82, 2.24) is 4.98 Å². The van der Waals surface area contributed by atoms with Crippen molar-refractivity contribution in [2.24, 2.45) is 0 Å². The zero-order valence-electron chi connectivity index (χ0n) is 13.8. The maximum absolute atomic E-state index is 12.3. The Hall–Kier alpha value is -2.65. The number of fused-ring (bicyclic) bond motifs is 1. The zero-order valence-corrected chi connectivity index (χ0v) is 13.8. The van der Waals surface area contributed by atoms with Crippen LogP contribution in [0, 0.1) is 11.3 Å². The average Bonchev–Trinajstić information content (AvgIpc) is 2.61. The van der Waals surface area contributed by atoms with Crippen LogP contribution in [0.1, 0.15) is 35.7 Å². The van der Waals surface area contributed by atoms with Crippen molar-refractivity contribution in [3.05, 3.63) is 39.7 Å². The van der Waals surface area contributed by atoms with Gasteiger partial charge in [-0.15, -0.1) is 0 Å². The lowest BCUT2D eigenvalue weighted by atomic mass is 9.92. The standard InChI is InChI=1S/C18H19N3O3/c1-18(24-2)5-7-21(8-6-18)16-13-9-12(11-22)3-4-15(13)20-17(23)14(16)10-19/h3-4,9,11H,5-8H2,1-2H3,(H,20,23). The monoisotopic (exact) mass is 325 g/mol. The van der Waals surface area contributed by atoms with E-state index >= 15 is 0 Å². The molecule has 1 fully saturated rings. The third-order valence-electron chi connectivity index (χ3n) is 4.89. The van der Waals surface area contributed by atoms with E-state index in [2.05, 4.69) is 11.9 Å². The minimum Gasteiger partial charge on any atom is -0.378 e. The van der Waals surface area contributed by atoms with E-state index in [1.54, 1.807) is 25.3 Å². The molecule has 0 unspecified atom stereocenters. The molecule has 124 valence electrons. The number of carbonyl (C=O) groups excluding carboxylic acids is 1. The zero-order chi connectivity index (χ0) is 17.3. The van der Waals surface area contributed by atoms with Crippen LogP contribution in [0.25, 0.3) is 10.9 Å². The number of rotatable bonds is 3. The first-order valence-electron chi connectivity index (χ1n) is 7.87. The summed E-state index contributed by atoms with van der Waals surface area (Å²) in [4.78, 5) is 28.2. The van der Waals surface area contributed by atoms with Gasteiger partial charge in [0.1, 0.15) is 17.9 Å². The molecule has 0 saturated carbocycles. The molecule has 2 heterocycles. The third kappa shape index (κ3) is 2.68. The molecule has 24 heavy (non-hydrogen) atoms. The number of nitrogens with zero attached hydrogens (tertiary/aromatic N) is 2. The number of aldehydes is 1. The van der Waals surface area contributed by atoms with E-state index in [1.807, 2.05) is 11.0 Å². The van der Waals surface area contributed by atoms with Crippen LogP contribution in [0.3, 0.4) is 0 Å². The summed E-state index contributed by atoms with van der Waals surface area (Å²) in [6.45, 7) is 3.43. The Morgan fingerprint density at radius 2 is 2.08 bits per heavy atom. The van der Waals surface area contributed by atoms with Gasteiger partial charge in [-0.3, -0.25) is 9.59 Å². The number of benzene rings is 1.